The van der Waals surface area contributed by atoms with Gasteiger partial charge >= 0.3 is 5.82 Å². The number of hydrogen-bond acceptors (Lipinski definition) is 4. The predicted molar refractivity (Wildman–Crippen MR) is 81.6 cm³/mol. The van der Waals surface area contributed by atoms with Gasteiger partial charge in [-0.1, -0.05) is 12.1 Å². The highest BCUT2D eigenvalue weighted by Crippen LogP contribution is 2.25. The van der Waals surface area contributed by atoms with Crippen molar-refractivity contribution in [1.29, 1.82) is 0 Å². The summed E-state index contributed by atoms with van der Waals surface area (Å²) in [6.45, 7) is 5.56. The van der Waals surface area contributed by atoms with Crippen LogP contribution in [0.15, 0.2) is 22.8 Å². The smallest absolute Gasteiger partial charge is 0.358 e. The highest BCUT2D eigenvalue weighted by molar-refractivity contribution is 9.10. The molecule has 0 aliphatic carbocycles. The fourth-order valence-electron chi connectivity index (χ4n) is 1.97. The molecular weight excluding hydrogens is 338 g/mol. The molecule has 0 bridgehead atoms. The molecule has 2 rings (SSSR count). The van der Waals surface area contributed by atoms with Crippen LogP contribution in [0.5, 0.6) is 0 Å². The lowest BCUT2D eigenvalue weighted by Gasteiger charge is -2.06. The van der Waals surface area contributed by atoms with E-state index in [0.717, 1.165) is 11.1 Å². The molecule has 0 radical (unpaired) electrons. The van der Waals surface area contributed by atoms with Gasteiger partial charge in [-0.3, -0.25) is 9.36 Å². The van der Waals surface area contributed by atoms with Crippen molar-refractivity contribution in [2.45, 2.75) is 27.3 Å². The molecule has 0 atom stereocenters. The van der Waals surface area contributed by atoms with Gasteiger partial charge in [-0.2, -0.15) is 0 Å². The summed E-state index contributed by atoms with van der Waals surface area (Å²) >= 11 is 3.14. The Balaban J connectivity index is 2.31. The second kappa shape index (κ2) is 5.77. The number of carbonyl (C=O) groups excluding carboxylic acids is 1. The van der Waals surface area contributed by atoms with E-state index in [1.807, 2.05) is 26.0 Å². The first-order valence-corrected chi connectivity index (χ1v) is 7.08. The maximum atomic E-state index is 12.3. The van der Waals surface area contributed by atoms with Gasteiger partial charge in [0.1, 0.15) is 0 Å². The molecule has 110 valence electrons. The van der Waals surface area contributed by atoms with Gasteiger partial charge in [0.25, 0.3) is 0 Å². The van der Waals surface area contributed by atoms with Crippen molar-refractivity contribution < 1.29 is 9.72 Å². The number of nitro groups is 1. The molecule has 1 heterocycles. The highest BCUT2D eigenvalue weighted by atomic mass is 79.9. The van der Waals surface area contributed by atoms with Gasteiger partial charge in [0.15, 0.2) is 10.4 Å². The summed E-state index contributed by atoms with van der Waals surface area (Å²) in [6, 6.07) is 5.48. The molecule has 0 spiro atoms. The molecule has 1 aromatic carbocycles. The predicted octanol–water partition coefficient (Wildman–Crippen LogP) is 3.36. The lowest BCUT2D eigenvalue weighted by molar-refractivity contribution is -0.390. The number of benzene rings is 1. The summed E-state index contributed by atoms with van der Waals surface area (Å²) in [6.07, 6.45) is 0. The average Bonchev–Trinajstić information content (AvgIpc) is 2.70. The van der Waals surface area contributed by atoms with Gasteiger partial charge in [0.05, 0.1) is 6.54 Å². The van der Waals surface area contributed by atoms with E-state index in [0.29, 0.717) is 11.4 Å². The lowest BCUT2D eigenvalue weighted by atomic mass is 10.0. The van der Waals surface area contributed by atoms with E-state index < -0.39 is 4.92 Å². The van der Waals surface area contributed by atoms with Crippen LogP contribution in [0.2, 0.25) is 0 Å². The van der Waals surface area contributed by atoms with E-state index in [1.54, 1.807) is 13.0 Å². The Morgan fingerprint density at radius 2 is 2.00 bits per heavy atom. The highest BCUT2D eigenvalue weighted by Gasteiger charge is 2.24. The number of imidazole rings is 1. The fraction of sp³-hybridized carbons (Fsp3) is 0.286. The van der Waals surface area contributed by atoms with Crippen LogP contribution < -0.4 is 0 Å². The van der Waals surface area contributed by atoms with Crippen molar-refractivity contribution in [1.82, 2.24) is 9.55 Å². The van der Waals surface area contributed by atoms with Crippen molar-refractivity contribution in [2.75, 3.05) is 0 Å². The number of carbonyl (C=O) groups is 1. The second-order valence-electron chi connectivity index (χ2n) is 4.84. The number of aryl methyl sites for hydroxylation is 3. The van der Waals surface area contributed by atoms with Crippen molar-refractivity contribution in [3.63, 3.8) is 0 Å². The zero-order valence-corrected chi connectivity index (χ0v) is 13.5. The third kappa shape index (κ3) is 3.02. The molecule has 1 aromatic heterocycles. The average molecular weight is 352 g/mol. The van der Waals surface area contributed by atoms with E-state index in [-0.39, 0.29) is 22.7 Å². The first kappa shape index (κ1) is 15.4. The molecule has 0 amide bonds. The minimum absolute atomic E-state index is 0.00968. The van der Waals surface area contributed by atoms with E-state index in [4.69, 9.17) is 0 Å². The Kier molecular flexibility index (Phi) is 4.22. The Morgan fingerprint density at radius 1 is 1.33 bits per heavy atom. The van der Waals surface area contributed by atoms with Crippen LogP contribution in [-0.4, -0.2) is 20.3 Å². The van der Waals surface area contributed by atoms with E-state index in [9.17, 15) is 14.9 Å². The van der Waals surface area contributed by atoms with Crippen LogP contribution >= 0.6 is 15.9 Å². The van der Waals surface area contributed by atoms with Gasteiger partial charge in [-0.25, -0.2) is 0 Å². The third-order valence-electron chi connectivity index (χ3n) is 3.38. The van der Waals surface area contributed by atoms with Crippen LogP contribution in [0, 0.1) is 30.9 Å². The summed E-state index contributed by atoms with van der Waals surface area (Å²) in [7, 11) is 0. The van der Waals surface area contributed by atoms with E-state index in [2.05, 4.69) is 20.9 Å². The first-order chi connectivity index (χ1) is 9.81. The number of ketones is 1. The van der Waals surface area contributed by atoms with E-state index >= 15 is 0 Å². The van der Waals surface area contributed by atoms with Crippen LogP contribution in [0.1, 0.15) is 27.3 Å². The lowest BCUT2D eigenvalue weighted by Crippen LogP contribution is -2.12. The van der Waals surface area contributed by atoms with Crippen molar-refractivity contribution in [2.24, 2.45) is 0 Å². The molecule has 0 N–H and O–H groups in total. The normalized spacial score (nSPS) is 10.7. The Labute approximate surface area is 130 Å². The number of hydrogen-bond donors (Lipinski definition) is 0. The topological polar surface area (TPSA) is 78.0 Å². The number of halogens is 1. The summed E-state index contributed by atoms with van der Waals surface area (Å²) < 4.78 is 1.71. The largest absolute Gasteiger partial charge is 0.396 e. The summed E-state index contributed by atoms with van der Waals surface area (Å²) in [5.41, 5.74) is 2.73. The Hall–Kier alpha value is -2.02. The number of aromatic nitrogens is 2. The van der Waals surface area contributed by atoms with Gasteiger partial charge in [-0.15, -0.1) is 0 Å². The fourth-order valence-corrected chi connectivity index (χ4v) is 2.59. The molecule has 2 aromatic rings. The van der Waals surface area contributed by atoms with Gasteiger partial charge in [-0.05, 0) is 56.9 Å². The van der Waals surface area contributed by atoms with Gasteiger partial charge < -0.3 is 10.1 Å². The standard InChI is InChI=1S/C14H14BrN3O3/c1-8-4-5-11(6-9(8)2)12(19)7-17-10(3)16-14(13(17)15)18(20)21/h4-6H,7H2,1-3H3. The Morgan fingerprint density at radius 3 is 2.52 bits per heavy atom. The minimum atomic E-state index is -0.575. The number of rotatable bonds is 4. The van der Waals surface area contributed by atoms with Gasteiger partial charge in [0, 0.05) is 12.5 Å². The van der Waals surface area contributed by atoms with Gasteiger partial charge in [0.2, 0.25) is 5.82 Å². The van der Waals surface area contributed by atoms with Crippen molar-refractivity contribution in [3.05, 3.63) is 55.4 Å². The maximum absolute atomic E-state index is 12.3. The number of Topliss-reactive ketones (excluding diaryl/α,β-unsaturated/α-hetero) is 1. The summed E-state index contributed by atoms with van der Waals surface area (Å²) in [4.78, 5) is 26.4. The molecule has 6 nitrogen and oxygen atoms in total. The zero-order chi connectivity index (χ0) is 15.7. The molecule has 7 heteroatoms. The van der Waals surface area contributed by atoms with Crippen LogP contribution in [0.4, 0.5) is 5.82 Å². The summed E-state index contributed by atoms with van der Waals surface area (Å²) in [5.74, 6) is 0.0281. The summed E-state index contributed by atoms with van der Waals surface area (Å²) in [5, 5.41) is 10.8. The molecule has 21 heavy (non-hydrogen) atoms. The molecule has 0 saturated heterocycles. The van der Waals surface area contributed by atoms with Crippen molar-refractivity contribution >= 4 is 27.5 Å². The SMILES string of the molecule is Cc1ccc(C(=O)Cn2c(C)nc([N+](=O)[O-])c2Br)cc1C. The van der Waals surface area contributed by atoms with Crippen LogP contribution in [-0.2, 0) is 6.54 Å². The van der Waals surface area contributed by atoms with Crippen LogP contribution in [0.3, 0.4) is 0 Å². The van der Waals surface area contributed by atoms with Crippen LogP contribution in [0.25, 0.3) is 0 Å². The van der Waals surface area contributed by atoms with E-state index in [1.165, 1.54) is 4.57 Å². The zero-order valence-electron chi connectivity index (χ0n) is 11.9. The molecule has 0 aliphatic heterocycles. The molecule has 0 fully saturated rings. The first-order valence-electron chi connectivity index (χ1n) is 6.28. The maximum Gasteiger partial charge on any atom is 0.396 e. The Bertz CT molecular complexity index is 737. The third-order valence-corrected chi connectivity index (χ3v) is 4.17. The minimum Gasteiger partial charge on any atom is -0.358 e. The van der Waals surface area contributed by atoms with Crippen molar-refractivity contribution in [3.8, 4) is 0 Å². The molecular formula is C14H14BrN3O3. The molecule has 0 aliphatic rings. The number of nitrogens with zero attached hydrogens (tertiary/aromatic N) is 3. The monoisotopic (exact) mass is 351 g/mol. The quantitative estimate of drug-likeness (QED) is 0.480. The molecule has 0 unspecified atom stereocenters. The second-order valence-corrected chi connectivity index (χ2v) is 5.59. The molecule has 0 saturated carbocycles.